The van der Waals surface area contributed by atoms with E-state index in [4.69, 9.17) is 15.2 Å². The number of likely N-dealkylation sites (N-methyl/N-ethyl adjacent to an activating group) is 1. The molecule has 8 heteroatoms. The van der Waals surface area contributed by atoms with Gasteiger partial charge in [0.25, 0.3) is 0 Å². The number of nitrogens with two attached hydrogens (primary N) is 1. The lowest BCUT2D eigenvalue weighted by Gasteiger charge is -2.30. The topological polar surface area (TPSA) is 97.5 Å². The van der Waals surface area contributed by atoms with Crippen LogP contribution in [0.4, 0.5) is 0 Å². The first-order valence-electron chi connectivity index (χ1n) is 12.6. The van der Waals surface area contributed by atoms with Crippen molar-refractivity contribution in [2.45, 2.75) is 25.3 Å². The van der Waals surface area contributed by atoms with Crippen molar-refractivity contribution in [3.8, 4) is 0 Å². The van der Waals surface area contributed by atoms with Gasteiger partial charge < -0.3 is 20.1 Å². The summed E-state index contributed by atoms with van der Waals surface area (Å²) in [7, 11) is 3.69. The van der Waals surface area contributed by atoms with E-state index in [0.717, 1.165) is 55.7 Å². The predicted octanol–water partition coefficient (Wildman–Crippen LogP) is 2.64. The van der Waals surface area contributed by atoms with Gasteiger partial charge in [0.2, 0.25) is 0 Å². The average molecular weight is 493 g/mol. The van der Waals surface area contributed by atoms with Gasteiger partial charge in [0.05, 0.1) is 19.2 Å². The maximum absolute atomic E-state index is 13.1. The number of rotatable bonds is 9. The van der Waals surface area contributed by atoms with Crippen LogP contribution in [0.15, 0.2) is 47.6 Å². The Hall–Kier alpha value is -3.07. The third kappa shape index (κ3) is 6.57. The Morgan fingerprint density at radius 1 is 1.06 bits per heavy atom. The van der Waals surface area contributed by atoms with E-state index in [1.54, 1.807) is 7.11 Å². The molecule has 0 spiro atoms. The molecule has 2 aromatic rings. The van der Waals surface area contributed by atoms with E-state index >= 15 is 0 Å². The van der Waals surface area contributed by atoms with E-state index in [-0.39, 0.29) is 36.7 Å². The molecule has 2 atom stereocenters. The van der Waals surface area contributed by atoms with Crippen LogP contribution >= 0.6 is 0 Å². The van der Waals surface area contributed by atoms with Crippen LogP contribution in [0.1, 0.15) is 51.5 Å². The first-order valence-corrected chi connectivity index (χ1v) is 12.6. The Bertz CT molecular complexity index is 1080. The number of hydrogen-bond donors (Lipinski definition) is 1. The van der Waals surface area contributed by atoms with E-state index in [9.17, 15) is 9.59 Å². The lowest BCUT2D eigenvalue weighted by Crippen LogP contribution is -2.41. The molecule has 8 nitrogen and oxygen atoms in total. The van der Waals surface area contributed by atoms with Crippen molar-refractivity contribution in [3.63, 3.8) is 0 Å². The Kier molecular flexibility index (Phi) is 8.85. The second-order valence-corrected chi connectivity index (χ2v) is 9.61. The fraction of sp³-hybridized carbons (Fsp3) is 0.464. The molecule has 1 heterocycles. The number of hydrazone groups is 1. The van der Waals surface area contributed by atoms with Crippen molar-refractivity contribution < 1.29 is 19.1 Å². The minimum Gasteiger partial charge on any atom is -0.463 e. The number of ketones is 1. The molecule has 2 aliphatic rings. The van der Waals surface area contributed by atoms with E-state index in [0.29, 0.717) is 17.7 Å². The summed E-state index contributed by atoms with van der Waals surface area (Å²) in [6, 6.07) is 13.0. The summed E-state index contributed by atoms with van der Waals surface area (Å²) in [5, 5.41) is 6.64. The molecule has 2 unspecified atom stereocenters. The molecule has 1 aliphatic heterocycles. The van der Waals surface area contributed by atoms with Gasteiger partial charge in [-0.15, -0.1) is 0 Å². The minimum absolute atomic E-state index is 0.0160. The Balaban J connectivity index is 1.36. The quantitative estimate of drug-likeness (QED) is 0.249. The number of piperazine rings is 1. The second-order valence-electron chi connectivity index (χ2n) is 9.61. The first kappa shape index (κ1) is 26.0. The van der Waals surface area contributed by atoms with Crippen LogP contribution in [0.3, 0.4) is 0 Å². The van der Waals surface area contributed by atoms with Gasteiger partial charge in [-0.2, -0.15) is 5.10 Å². The highest BCUT2D eigenvalue weighted by molar-refractivity contribution is 6.09. The van der Waals surface area contributed by atoms with Crippen LogP contribution in [0.2, 0.25) is 0 Å². The molecule has 4 rings (SSSR count). The second kappa shape index (κ2) is 12.3. The highest BCUT2D eigenvalue weighted by atomic mass is 16.6. The van der Waals surface area contributed by atoms with Crippen molar-refractivity contribution in [2.24, 2.45) is 16.8 Å². The van der Waals surface area contributed by atoms with Gasteiger partial charge in [-0.05, 0) is 48.6 Å². The minimum atomic E-state index is -0.258. The van der Waals surface area contributed by atoms with Crippen molar-refractivity contribution >= 4 is 18.0 Å². The monoisotopic (exact) mass is 492 g/mol. The fourth-order valence-electron chi connectivity index (χ4n) is 4.75. The van der Waals surface area contributed by atoms with Crippen LogP contribution in [0, 0.1) is 5.92 Å². The third-order valence-corrected chi connectivity index (χ3v) is 7.06. The van der Waals surface area contributed by atoms with Gasteiger partial charge in [0.1, 0.15) is 6.61 Å². The maximum Gasteiger partial charge on any atom is 0.306 e. The molecule has 0 aromatic heterocycles. The maximum atomic E-state index is 13.1. The SMILES string of the molecule is COCCOC(=O)CC1CCc2cc(C(=O)c3ccc(C=NN4CCN(C)CC4)cc3)ccc2C1N. The number of fused-ring (bicyclic) bond motifs is 1. The van der Waals surface area contributed by atoms with Crippen LogP contribution in [0.25, 0.3) is 0 Å². The zero-order chi connectivity index (χ0) is 25.5. The lowest BCUT2D eigenvalue weighted by molar-refractivity contribution is -0.146. The van der Waals surface area contributed by atoms with E-state index in [1.807, 2.05) is 48.7 Å². The molecule has 192 valence electrons. The van der Waals surface area contributed by atoms with Gasteiger partial charge in [-0.1, -0.05) is 36.4 Å². The number of ether oxygens (including phenoxy) is 2. The van der Waals surface area contributed by atoms with Crippen molar-refractivity contribution in [1.29, 1.82) is 0 Å². The highest BCUT2D eigenvalue weighted by Crippen LogP contribution is 2.35. The zero-order valence-corrected chi connectivity index (χ0v) is 21.2. The molecule has 1 aliphatic carbocycles. The molecule has 36 heavy (non-hydrogen) atoms. The van der Waals surface area contributed by atoms with Crippen molar-refractivity contribution in [1.82, 2.24) is 9.91 Å². The summed E-state index contributed by atoms with van der Waals surface area (Å²) in [4.78, 5) is 27.6. The van der Waals surface area contributed by atoms with E-state index < -0.39 is 0 Å². The smallest absolute Gasteiger partial charge is 0.306 e. The summed E-state index contributed by atoms with van der Waals surface area (Å²) < 4.78 is 10.1. The molecule has 0 radical (unpaired) electrons. The molecule has 2 aromatic carbocycles. The number of nitrogens with zero attached hydrogens (tertiary/aromatic N) is 3. The van der Waals surface area contributed by atoms with Gasteiger partial charge in [-0.3, -0.25) is 14.6 Å². The number of carbonyl (C=O) groups is 2. The molecule has 0 amide bonds. The summed E-state index contributed by atoms with van der Waals surface area (Å²) in [6.07, 6.45) is 3.70. The van der Waals surface area contributed by atoms with Crippen LogP contribution in [-0.2, 0) is 20.7 Å². The Labute approximate surface area is 213 Å². The number of methoxy groups -OCH3 is 1. The molecule has 0 bridgehead atoms. The number of aryl methyl sites for hydroxylation is 1. The molecule has 1 fully saturated rings. The number of hydrogen-bond acceptors (Lipinski definition) is 8. The standard InChI is InChI=1S/C28H36N4O4/c1-31-11-13-32(14-12-31)30-19-20-3-5-21(6-4-20)28(34)24-9-10-25-22(17-24)7-8-23(27(25)29)18-26(33)36-16-15-35-2/h3-6,9-10,17,19,23,27H,7-8,11-16,18,29H2,1-2H3. The lowest BCUT2D eigenvalue weighted by atomic mass is 9.78. The zero-order valence-electron chi connectivity index (χ0n) is 21.2. The summed E-state index contributed by atoms with van der Waals surface area (Å²) >= 11 is 0. The van der Waals surface area contributed by atoms with E-state index in [1.165, 1.54) is 0 Å². The van der Waals surface area contributed by atoms with Gasteiger partial charge in [0, 0.05) is 50.5 Å². The average Bonchev–Trinajstić information content (AvgIpc) is 2.90. The van der Waals surface area contributed by atoms with Crippen molar-refractivity contribution in [2.75, 3.05) is 53.6 Å². The van der Waals surface area contributed by atoms with Gasteiger partial charge in [-0.25, -0.2) is 0 Å². The summed E-state index contributed by atoms with van der Waals surface area (Å²) in [5.74, 6) is -0.244. The summed E-state index contributed by atoms with van der Waals surface area (Å²) in [6.45, 7) is 4.51. The van der Waals surface area contributed by atoms with Crippen LogP contribution < -0.4 is 5.73 Å². The molecular weight excluding hydrogens is 456 g/mol. The number of esters is 1. The van der Waals surface area contributed by atoms with Gasteiger partial charge in [0.15, 0.2) is 5.78 Å². The van der Waals surface area contributed by atoms with Gasteiger partial charge >= 0.3 is 5.97 Å². The largest absolute Gasteiger partial charge is 0.463 e. The van der Waals surface area contributed by atoms with Crippen LogP contribution in [0.5, 0.6) is 0 Å². The normalized spacial score (nSPS) is 20.4. The molecule has 0 saturated carbocycles. The first-order chi connectivity index (χ1) is 17.4. The Morgan fingerprint density at radius 3 is 2.50 bits per heavy atom. The van der Waals surface area contributed by atoms with E-state index in [2.05, 4.69) is 22.1 Å². The predicted molar refractivity (Wildman–Crippen MR) is 139 cm³/mol. The number of carbonyl (C=O) groups excluding carboxylic acids is 2. The number of benzene rings is 2. The third-order valence-electron chi connectivity index (χ3n) is 7.06. The van der Waals surface area contributed by atoms with Crippen molar-refractivity contribution in [3.05, 3.63) is 70.3 Å². The highest BCUT2D eigenvalue weighted by Gasteiger charge is 2.29. The molecule has 2 N–H and O–H groups in total. The fourth-order valence-corrected chi connectivity index (χ4v) is 4.75. The molecular formula is C28H36N4O4. The molecule has 1 saturated heterocycles. The summed E-state index contributed by atoms with van der Waals surface area (Å²) in [5.41, 5.74) is 10.8. The Morgan fingerprint density at radius 2 is 1.78 bits per heavy atom. The van der Waals surface area contributed by atoms with Crippen LogP contribution in [-0.4, -0.2) is 81.4 Å².